The Labute approximate surface area is 108 Å². The standard InChI is InChI=1S/C14H21NO3/c16-13(9-11-5-2-1-3-6-11)15-8-4-7-12(10-15)14(17)18/h9,12H,1-8,10H2,(H,17,18)/t12-/m0/s1. The predicted molar refractivity (Wildman–Crippen MR) is 68.1 cm³/mol. The second-order valence-electron chi connectivity index (χ2n) is 5.32. The summed E-state index contributed by atoms with van der Waals surface area (Å²) in [6.45, 7) is 1.07. The molecule has 0 aromatic rings. The summed E-state index contributed by atoms with van der Waals surface area (Å²) in [5, 5.41) is 9.01. The molecule has 0 spiro atoms. The SMILES string of the molecule is O=C(O)[C@H]1CCCN(C(=O)C=C2CCCCC2)C1. The Hall–Kier alpha value is -1.32. The Morgan fingerprint density at radius 3 is 2.56 bits per heavy atom. The average molecular weight is 251 g/mol. The molecule has 2 aliphatic rings. The summed E-state index contributed by atoms with van der Waals surface area (Å²) in [4.78, 5) is 24.7. The highest BCUT2D eigenvalue weighted by Crippen LogP contribution is 2.23. The molecule has 1 saturated carbocycles. The van der Waals surface area contributed by atoms with E-state index in [1.54, 1.807) is 11.0 Å². The van der Waals surface area contributed by atoms with Gasteiger partial charge in [0.1, 0.15) is 0 Å². The van der Waals surface area contributed by atoms with Crippen molar-refractivity contribution in [2.75, 3.05) is 13.1 Å². The molecule has 1 aliphatic heterocycles. The van der Waals surface area contributed by atoms with Crippen LogP contribution in [0, 0.1) is 5.92 Å². The Morgan fingerprint density at radius 1 is 1.17 bits per heavy atom. The van der Waals surface area contributed by atoms with Crippen LogP contribution in [0.4, 0.5) is 0 Å². The minimum absolute atomic E-state index is 0.0119. The summed E-state index contributed by atoms with van der Waals surface area (Å²) >= 11 is 0. The number of piperidine rings is 1. The fourth-order valence-corrected chi connectivity index (χ4v) is 2.80. The first-order valence-corrected chi connectivity index (χ1v) is 6.88. The van der Waals surface area contributed by atoms with Crippen LogP contribution in [0.2, 0.25) is 0 Å². The van der Waals surface area contributed by atoms with E-state index in [0.29, 0.717) is 19.5 Å². The minimum Gasteiger partial charge on any atom is -0.481 e. The van der Waals surface area contributed by atoms with Gasteiger partial charge in [0.2, 0.25) is 5.91 Å². The number of likely N-dealkylation sites (tertiary alicyclic amines) is 1. The molecule has 1 N–H and O–H groups in total. The topological polar surface area (TPSA) is 57.6 Å². The molecule has 18 heavy (non-hydrogen) atoms. The number of carboxylic acids is 1. The van der Waals surface area contributed by atoms with Crippen molar-refractivity contribution in [2.24, 2.45) is 5.92 Å². The van der Waals surface area contributed by atoms with E-state index >= 15 is 0 Å². The maximum atomic E-state index is 12.1. The van der Waals surface area contributed by atoms with Crippen LogP contribution in [0.15, 0.2) is 11.6 Å². The molecule has 2 rings (SSSR count). The summed E-state index contributed by atoms with van der Waals surface area (Å²) < 4.78 is 0. The molecule has 0 aromatic heterocycles. The van der Waals surface area contributed by atoms with Crippen molar-refractivity contribution in [1.29, 1.82) is 0 Å². The first-order valence-electron chi connectivity index (χ1n) is 6.88. The lowest BCUT2D eigenvalue weighted by molar-refractivity contribution is -0.144. The third kappa shape index (κ3) is 3.34. The van der Waals surface area contributed by atoms with Crippen molar-refractivity contribution in [1.82, 2.24) is 4.90 Å². The van der Waals surface area contributed by atoms with Crippen LogP contribution in [-0.4, -0.2) is 35.0 Å². The van der Waals surface area contributed by atoms with Gasteiger partial charge in [-0.1, -0.05) is 12.0 Å². The number of nitrogens with zero attached hydrogens (tertiary/aromatic N) is 1. The molecule has 1 amide bonds. The number of carbonyl (C=O) groups excluding carboxylic acids is 1. The third-order valence-electron chi connectivity index (χ3n) is 3.91. The van der Waals surface area contributed by atoms with Crippen LogP contribution in [0.3, 0.4) is 0 Å². The van der Waals surface area contributed by atoms with Crippen molar-refractivity contribution in [3.8, 4) is 0 Å². The fourth-order valence-electron chi connectivity index (χ4n) is 2.80. The zero-order valence-electron chi connectivity index (χ0n) is 10.7. The van der Waals surface area contributed by atoms with Crippen molar-refractivity contribution in [2.45, 2.75) is 44.9 Å². The molecule has 1 atom stereocenters. The van der Waals surface area contributed by atoms with Crippen LogP contribution >= 0.6 is 0 Å². The number of hydrogen-bond donors (Lipinski definition) is 1. The van der Waals surface area contributed by atoms with Crippen LogP contribution in [-0.2, 0) is 9.59 Å². The van der Waals surface area contributed by atoms with Crippen LogP contribution in [0.1, 0.15) is 44.9 Å². The molecule has 4 nitrogen and oxygen atoms in total. The molecule has 1 aliphatic carbocycles. The monoisotopic (exact) mass is 251 g/mol. The molecule has 2 fully saturated rings. The fraction of sp³-hybridized carbons (Fsp3) is 0.714. The summed E-state index contributed by atoms with van der Waals surface area (Å²) in [7, 11) is 0. The van der Waals surface area contributed by atoms with E-state index in [2.05, 4.69) is 0 Å². The maximum Gasteiger partial charge on any atom is 0.308 e. The smallest absolute Gasteiger partial charge is 0.308 e. The molecule has 0 radical (unpaired) electrons. The first kappa shape index (κ1) is 13.1. The molecule has 4 heteroatoms. The van der Waals surface area contributed by atoms with Crippen molar-refractivity contribution >= 4 is 11.9 Å². The van der Waals surface area contributed by atoms with E-state index in [4.69, 9.17) is 5.11 Å². The molecule has 0 bridgehead atoms. The van der Waals surface area contributed by atoms with Crippen molar-refractivity contribution < 1.29 is 14.7 Å². The van der Waals surface area contributed by atoms with E-state index in [9.17, 15) is 9.59 Å². The van der Waals surface area contributed by atoms with Gasteiger partial charge in [-0.05, 0) is 38.5 Å². The lowest BCUT2D eigenvalue weighted by Crippen LogP contribution is -2.41. The second kappa shape index (κ2) is 6.03. The van der Waals surface area contributed by atoms with Crippen molar-refractivity contribution in [3.05, 3.63) is 11.6 Å². The van der Waals surface area contributed by atoms with Gasteiger partial charge in [-0.15, -0.1) is 0 Å². The molecular weight excluding hydrogens is 230 g/mol. The summed E-state index contributed by atoms with van der Waals surface area (Å²) in [5.41, 5.74) is 1.24. The van der Waals surface area contributed by atoms with Crippen LogP contribution in [0.25, 0.3) is 0 Å². The number of carboxylic acid groups (broad SMARTS) is 1. The molecule has 0 aromatic carbocycles. The highest BCUT2D eigenvalue weighted by Gasteiger charge is 2.27. The van der Waals surface area contributed by atoms with Crippen LogP contribution in [0.5, 0.6) is 0 Å². The molecule has 1 heterocycles. The van der Waals surface area contributed by atoms with Gasteiger partial charge in [0.15, 0.2) is 0 Å². The first-order chi connectivity index (χ1) is 8.66. The summed E-state index contributed by atoms with van der Waals surface area (Å²) in [5.74, 6) is -1.15. The molecule has 0 unspecified atom stereocenters. The van der Waals surface area contributed by atoms with E-state index in [0.717, 1.165) is 19.3 Å². The van der Waals surface area contributed by atoms with E-state index in [1.807, 2.05) is 0 Å². The zero-order valence-corrected chi connectivity index (χ0v) is 10.7. The zero-order chi connectivity index (χ0) is 13.0. The molecule has 1 saturated heterocycles. The van der Waals surface area contributed by atoms with Gasteiger partial charge in [0.25, 0.3) is 0 Å². The number of rotatable bonds is 2. The Balaban J connectivity index is 1.93. The number of carbonyl (C=O) groups is 2. The Kier molecular flexibility index (Phi) is 4.39. The summed E-state index contributed by atoms with van der Waals surface area (Å²) in [6, 6.07) is 0. The highest BCUT2D eigenvalue weighted by atomic mass is 16.4. The largest absolute Gasteiger partial charge is 0.481 e. The second-order valence-corrected chi connectivity index (χ2v) is 5.32. The van der Waals surface area contributed by atoms with Gasteiger partial charge in [-0.2, -0.15) is 0 Å². The van der Waals surface area contributed by atoms with Gasteiger partial charge in [-0.25, -0.2) is 0 Å². The molecule has 100 valence electrons. The number of allylic oxidation sites excluding steroid dienone is 1. The van der Waals surface area contributed by atoms with E-state index in [1.165, 1.54) is 24.8 Å². The number of hydrogen-bond acceptors (Lipinski definition) is 2. The van der Waals surface area contributed by atoms with E-state index < -0.39 is 5.97 Å². The maximum absolute atomic E-state index is 12.1. The number of aliphatic carboxylic acids is 1. The van der Waals surface area contributed by atoms with Gasteiger partial charge < -0.3 is 10.0 Å². The normalized spacial score (nSPS) is 24.8. The average Bonchev–Trinajstić information content (AvgIpc) is 2.40. The van der Waals surface area contributed by atoms with Gasteiger partial charge >= 0.3 is 5.97 Å². The Morgan fingerprint density at radius 2 is 1.89 bits per heavy atom. The quantitative estimate of drug-likeness (QED) is 0.765. The predicted octanol–water partition coefficient (Wildman–Crippen LogP) is 2.20. The van der Waals surface area contributed by atoms with Gasteiger partial charge in [0.05, 0.1) is 5.92 Å². The number of amides is 1. The Bertz CT molecular complexity index is 354. The van der Waals surface area contributed by atoms with Crippen LogP contribution < -0.4 is 0 Å². The third-order valence-corrected chi connectivity index (χ3v) is 3.91. The van der Waals surface area contributed by atoms with Gasteiger partial charge in [0, 0.05) is 19.2 Å². The van der Waals surface area contributed by atoms with E-state index in [-0.39, 0.29) is 11.8 Å². The molecular formula is C14H21NO3. The lowest BCUT2D eigenvalue weighted by Gasteiger charge is -2.30. The summed E-state index contributed by atoms with van der Waals surface area (Å²) in [6.07, 6.45) is 8.92. The highest BCUT2D eigenvalue weighted by molar-refractivity contribution is 5.88. The lowest BCUT2D eigenvalue weighted by atomic mass is 9.94. The van der Waals surface area contributed by atoms with Gasteiger partial charge in [-0.3, -0.25) is 9.59 Å². The van der Waals surface area contributed by atoms with Crippen molar-refractivity contribution in [3.63, 3.8) is 0 Å². The minimum atomic E-state index is -0.780.